The lowest BCUT2D eigenvalue weighted by molar-refractivity contribution is -0.129. The molecule has 0 aromatic rings. The molecular formula is C29H56O2. The summed E-state index contributed by atoms with van der Waals surface area (Å²) in [5.74, 6) is -0.242. The molecule has 0 aliphatic heterocycles. The maximum atomic E-state index is 10.9. The fourth-order valence-corrected chi connectivity index (χ4v) is 4.50. The first kappa shape index (κ1) is 30.3. The summed E-state index contributed by atoms with van der Waals surface area (Å²) in [5.41, 5.74) is 0. The van der Waals surface area contributed by atoms with E-state index in [9.17, 15) is 9.59 Å². The first-order valence-electron chi connectivity index (χ1n) is 14.3. The van der Waals surface area contributed by atoms with E-state index in [1.54, 1.807) is 0 Å². The van der Waals surface area contributed by atoms with Gasteiger partial charge in [0.2, 0.25) is 0 Å². The number of carbonyl (C=O) groups excluding carboxylic acids is 2. The van der Waals surface area contributed by atoms with Gasteiger partial charge in [-0.15, -0.1) is 0 Å². The first-order chi connectivity index (χ1) is 15.3. The fraction of sp³-hybridized carbons (Fsp3) is 0.931. The molecule has 0 aliphatic carbocycles. The van der Waals surface area contributed by atoms with E-state index in [2.05, 4.69) is 6.92 Å². The number of carbonyl (C=O) groups is 2. The van der Waals surface area contributed by atoms with Gasteiger partial charge in [0.25, 0.3) is 0 Å². The Labute approximate surface area is 195 Å². The van der Waals surface area contributed by atoms with Crippen molar-refractivity contribution in [3.63, 3.8) is 0 Å². The highest BCUT2D eigenvalue weighted by Gasteiger charge is 1.99. The molecule has 31 heavy (non-hydrogen) atoms. The Morgan fingerprint density at radius 3 is 0.871 bits per heavy atom. The van der Waals surface area contributed by atoms with Crippen LogP contribution in [0.1, 0.15) is 174 Å². The van der Waals surface area contributed by atoms with Crippen LogP contribution in [0, 0.1) is 0 Å². The number of ketones is 1. The van der Waals surface area contributed by atoms with Gasteiger partial charge in [0.05, 0.1) is 0 Å². The maximum Gasteiger partial charge on any atom is 0.195 e. The summed E-state index contributed by atoms with van der Waals surface area (Å²) in [4.78, 5) is 21.1. The molecule has 0 aromatic carbocycles. The quantitative estimate of drug-likeness (QED) is 0.0729. The van der Waals surface area contributed by atoms with Crippen LogP contribution in [0.4, 0.5) is 0 Å². The van der Waals surface area contributed by atoms with Gasteiger partial charge in [-0.25, -0.2) is 0 Å². The highest BCUT2D eigenvalue weighted by Crippen LogP contribution is 2.15. The zero-order chi connectivity index (χ0) is 22.7. The minimum atomic E-state index is -0.242. The van der Waals surface area contributed by atoms with Crippen molar-refractivity contribution in [2.24, 2.45) is 0 Å². The topological polar surface area (TPSA) is 34.1 Å². The van der Waals surface area contributed by atoms with Gasteiger partial charge in [0, 0.05) is 6.42 Å². The van der Waals surface area contributed by atoms with Gasteiger partial charge in [0.15, 0.2) is 12.1 Å². The molecule has 0 fully saturated rings. The van der Waals surface area contributed by atoms with Crippen LogP contribution in [-0.2, 0) is 9.59 Å². The van der Waals surface area contributed by atoms with Crippen LogP contribution in [0.15, 0.2) is 0 Å². The Bertz CT molecular complexity index is 364. The standard InChI is InChI=1S/C29H56O2/c1-2-3-4-5-6-7-8-9-10-11-12-13-14-15-16-17-18-19-20-21-22-23-24-25-26-27-29(31)28-30/h28H,2-27H2,1H3. The predicted molar refractivity (Wildman–Crippen MR) is 137 cm³/mol. The minimum absolute atomic E-state index is 0.242. The van der Waals surface area contributed by atoms with E-state index in [1.165, 1.54) is 148 Å². The van der Waals surface area contributed by atoms with Crippen LogP contribution in [0.25, 0.3) is 0 Å². The summed E-state index contributed by atoms with van der Waals surface area (Å²) in [6.45, 7) is 2.29. The molecule has 0 rings (SSSR count). The van der Waals surface area contributed by atoms with Crippen molar-refractivity contribution in [1.82, 2.24) is 0 Å². The third kappa shape index (κ3) is 27.3. The smallest absolute Gasteiger partial charge is 0.195 e. The Balaban J connectivity index is 3.02. The van der Waals surface area contributed by atoms with Crippen LogP contribution in [-0.4, -0.2) is 12.1 Å². The molecule has 0 atom stereocenters. The molecule has 0 N–H and O–H groups in total. The van der Waals surface area contributed by atoms with E-state index in [-0.39, 0.29) is 5.78 Å². The largest absolute Gasteiger partial charge is 0.295 e. The van der Waals surface area contributed by atoms with Crippen LogP contribution >= 0.6 is 0 Å². The van der Waals surface area contributed by atoms with Gasteiger partial charge >= 0.3 is 0 Å². The van der Waals surface area contributed by atoms with Gasteiger partial charge in [-0.2, -0.15) is 0 Å². The number of rotatable bonds is 27. The summed E-state index contributed by atoms with van der Waals surface area (Å²) in [5, 5.41) is 0. The molecule has 0 bridgehead atoms. The number of aldehydes is 1. The second-order valence-corrected chi connectivity index (χ2v) is 9.82. The molecule has 0 aromatic heterocycles. The van der Waals surface area contributed by atoms with E-state index in [0.717, 1.165) is 12.8 Å². The normalized spacial score (nSPS) is 11.1. The maximum absolute atomic E-state index is 10.9. The molecule has 0 saturated heterocycles. The van der Waals surface area contributed by atoms with Gasteiger partial charge in [-0.3, -0.25) is 9.59 Å². The third-order valence-corrected chi connectivity index (χ3v) is 6.66. The van der Waals surface area contributed by atoms with Crippen molar-refractivity contribution in [2.45, 2.75) is 174 Å². The third-order valence-electron chi connectivity index (χ3n) is 6.66. The molecule has 0 amide bonds. The van der Waals surface area contributed by atoms with Gasteiger partial charge in [0.1, 0.15) is 0 Å². The minimum Gasteiger partial charge on any atom is -0.295 e. The molecule has 0 saturated carbocycles. The number of hydrogen-bond acceptors (Lipinski definition) is 2. The van der Waals surface area contributed by atoms with Crippen molar-refractivity contribution < 1.29 is 9.59 Å². The summed E-state index contributed by atoms with van der Waals surface area (Å²) in [6.07, 6.45) is 35.5. The number of unbranched alkanes of at least 4 members (excludes halogenated alkanes) is 24. The molecule has 2 nitrogen and oxygen atoms in total. The van der Waals surface area contributed by atoms with E-state index < -0.39 is 0 Å². The number of Topliss-reactive ketones (excluding diaryl/α,β-unsaturated/α-hetero) is 1. The van der Waals surface area contributed by atoms with Crippen molar-refractivity contribution in [3.05, 3.63) is 0 Å². The summed E-state index contributed by atoms with van der Waals surface area (Å²) in [6, 6.07) is 0. The summed E-state index contributed by atoms with van der Waals surface area (Å²) in [7, 11) is 0. The lowest BCUT2D eigenvalue weighted by Gasteiger charge is -2.04. The average molecular weight is 437 g/mol. The van der Waals surface area contributed by atoms with Crippen LogP contribution in [0.2, 0.25) is 0 Å². The number of hydrogen-bond donors (Lipinski definition) is 0. The molecule has 184 valence electrons. The summed E-state index contributed by atoms with van der Waals surface area (Å²) >= 11 is 0. The second-order valence-electron chi connectivity index (χ2n) is 9.82. The zero-order valence-electron chi connectivity index (χ0n) is 21.3. The van der Waals surface area contributed by atoms with Gasteiger partial charge in [-0.1, -0.05) is 161 Å². The SMILES string of the molecule is CCCCCCCCCCCCCCCCCCCCCCCCCCCC(=O)C=O. The Hall–Kier alpha value is -0.660. The van der Waals surface area contributed by atoms with Gasteiger partial charge in [-0.05, 0) is 6.42 Å². The molecule has 0 radical (unpaired) electrons. The van der Waals surface area contributed by atoms with E-state index in [0.29, 0.717) is 12.7 Å². The highest BCUT2D eigenvalue weighted by molar-refractivity contribution is 6.24. The Morgan fingerprint density at radius 2 is 0.645 bits per heavy atom. The molecule has 0 aliphatic rings. The van der Waals surface area contributed by atoms with Crippen molar-refractivity contribution in [1.29, 1.82) is 0 Å². The lowest BCUT2D eigenvalue weighted by atomic mass is 10.0. The van der Waals surface area contributed by atoms with Gasteiger partial charge < -0.3 is 0 Å². The predicted octanol–water partition coefficient (Wildman–Crippen LogP) is 9.92. The highest BCUT2D eigenvalue weighted by atomic mass is 16.2. The second kappa shape index (κ2) is 27.4. The molecule has 0 spiro atoms. The molecule has 0 unspecified atom stereocenters. The molecule has 0 heterocycles. The Kier molecular flexibility index (Phi) is 26.8. The van der Waals surface area contributed by atoms with E-state index in [4.69, 9.17) is 0 Å². The lowest BCUT2D eigenvalue weighted by Crippen LogP contribution is -1.97. The summed E-state index contributed by atoms with van der Waals surface area (Å²) < 4.78 is 0. The van der Waals surface area contributed by atoms with Crippen LogP contribution in [0.5, 0.6) is 0 Å². The van der Waals surface area contributed by atoms with Crippen LogP contribution in [0.3, 0.4) is 0 Å². The molecule has 2 heteroatoms. The van der Waals surface area contributed by atoms with E-state index in [1.807, 2.05) is 0 Å². The van der Waals surface area contributed by atoms with Crippen molar-refractivity contribution in [2.75, 3.05) is 0 Å². The van der Waals surface area contributed by atoms with Crippen LogP contribution < -0.4 is 0 Å². The monoisotopic (exact) mass is 436 g/mol. The Morgan fingerprint density at radius 1 is 0.419 bits per heavy atom. The zero-order valence-corrected chi connectivity index (χ0v) is 21.3. The van der Waals surface area contributed by atoms with Crippen molar-refractivity contribution in [3.8, 4) is 0 Å². The first-order valence-corrected chi connectivity index (χ1v) is 14.3. The fourth-order valence-electron chi connectivity index (χ4n) is 4.50. The van der Waals surface area contributed by atoms with E-state index >= 15 is 0 Å². The average Bonchev–Trinajstić information content (AvgIpc) is 2.78. The molecular weight excluding hydrogens is 380 g/mol. The van der Waals surface area contributed by atoms with Crippen molar-refractivity contribution >= 4 is 12.1 Å².